The maximum Gasteiger partial charge on any atom is 0.323 e. The van der Waals surface area contributed by atoms with Gasteiger partial charge in [-0.25, -0.2) is 9.78 Å². The maximum absolute atomic E-state index is 12.3. The molecule has 3 heterocycles. The largest absolute Gasteiger partial charge is 0.383 e. The molecule has 0 unspecified atom stereocenters. The van der Waals surface area contributed by atoms with E-state index >= 15 is 0 Å². The van der Waals surface area contributed by atoms with E-state index in [-0.39, 0.29) is 12.1 Å². The number of nitrogen functional groups attached to an aromatic ring is 1. The molecule has 5 rings (SSSR count). The molecule has 1 saturated heterocycles. The summed E-state index contributed by atoms with van der Waals surface area (Å²) in [4.78, 5) is 16.7. The second kappa shape index (κ2) is 9.74. The number of thiophene rings is 1. The van der Waals surface area contributed by atoms with Gasteiger partial charge in [0.15, 0.2) is 0 Å². The Morgan fingerprint density at radius 2 is 2.00 bits per heavy atom. The van der Waals surface area contributed by atoms with E-state index in [0.717, 1.165) is 46.2 Å². The number of pyridine rings is 1. The summed E-state index contributed by atoms with van der Waals surface area (Å²) in [6.07, 6.45) is 3.99. The quantitative estimate of drug-likeness (QED) is 0.269. The summed E-state index contributed by atoms with van der Waals surface area (Å²) in [6.45, 7) is 1.02. The van der Waals surface area contributed by atoms with Crippen molar-refractivity contribution in [1.29, 1.82) is 0 Å². The Hall–Kier alpha value is -3.57. The number of carbonyl (C=O) groups is 1. The fourth-order valence-corrected chi connectivity index (χ4v) is 5.18. The van der Waals surface area contributed by atoms with Crippen molar-refractivity contribution in [2.24, 2.45) is 0 Å². The van der Waals surface area contributed by atoms with Gasteiger partial charge in [-0.05, 0) is 60.7 Å². The van der Waals surface area contributed by atoms with E-state index in [0.29, 0.717) is 22.2 Å². The predicted molar refractivity (Wildman–Crippen MR) is 141 cm³/mol. The van der Waals surface area contributed by atoms with E-state index in [9.17, 15) is 4.79 Å². The maximum atomic E-state index is 12.3. The van der Waals surface area contributed by atoms with Gasteiger partial charge in [0.2, 0.25) is 0 Å². The summed E-state index contributed by atoms with van der Waals surface area (Å²) in [6, 6.07) is 14.5. The van der Waals surface area contributed by atoms with E-state index in [4.69, 9.17) is 17.3 Å². The molecular formula is C26H22ClN5OS. The first-order chi connectivity index (χ1) is 16.6. The number of rotatable bonds is 3. The first-order valence-corrected chi connectivity index (χ1v) is 12.2. The Morgan fingerprint density at radius 3 is 2.76 bits per heavy atom. The van der Waals surface area contributed by atoms with Crippen LogP contribution in [0.3, 0.4) is 0 Å². The minimum Gasteiger partial charge on any atom is -0.383 e. The topological polar surface area (TPSA) is 92.1 Å². The third kappa shape index (κ3) is 4.85. The van der Waals surface area contributed by atoms with Crippen LogP contribution in [0.15, 0.2) is 60.1 Å². The molecule has 2 aromatic heterocycles. The lowest BCUT2D eigenvalue weighted by molar-refractivity contribution is 0.262. The number of carbonyl (C=O) groups excluding carboxylic acids is 1. The highest BCUT2D eigenvalue weighted by Gasteiger charge is 2.15. The van der Waals surface area contributed by atoms with Gasteiger partial charge in [-0.1, -0.05) is 41.6 Å². The summed E-state index contributed by atoms with van der Waals surface area (Å²) >= 11 is 7.59. The van der Waals surface area contributed by atoms with Crippen molar-refractivity contribution >= 4 is 56.2 Å². The fraction of sp³-hybridized carbons (Fsp3) is 0.154. The van der Waals surface area contributed by atoms with Crippen molar-refractivity contribution in [3.05, 3.63) is 70.7 Å². The van der Waals surface area contributed by atoms with Gasteiger partial charge in [0, 0.05) is 33.5 Å². The smallest absolute Gasteiger partial charge is 0.323 e. The number of nitrogens with two attached hydrogens (primary N) is 1. The lowest BCUT2D eigenvalue weighted by Crippen LogP contribution is -2.19. The lowest BCUT2D eigenvalue weighted by atomic mass is 10.0. The van der Waals surface area contributed by atoms with Crippen LogP contribution in [0.1, 0.15) is 18.4 Å². The predicted octanol–water partition coefficient (Wildman–Crippen LogP) is 5.95. The molecule has 0 bridgehead atoms. The van der Waals surface area contributed by atoms with E-state index in [1.165, 1.54) is 0 Å². The van der Waals surface area contributed by atoms with Crippen molar-refractivity contribution in [2.75, 3.05) is 22.9 Å². The van der Waals surface area contributed by atoms with Crippen LogP contribution in [0, 0.1) is 11.8 Å². The number of anilines is 3. The van der Waals surface area contributed by atoms with Crippen LogP contribution >= 0.6 is 22.9 Å². The molecule has 1 fully saturated rings. The first-order valence-electron chi connectivity index (χ1n) is 10.9. The molecule has 0 saturated carbocycles. The minimum atomic E-state index is -0.343. The number of hydrogen-bond donors (Lipinski definition) is 4. The number of hydrogen-bond acceptors (Lipinski definition) is 5. The molecule has 8 heteroatoms. The molecule has 0 aliphatic carbocycles. The third-order valence-electron chi connectivity index (χ3n) is 5.60. The standard InChI is InChI=1S/C26H22ClN5OS/c27-18-3-1-4-21(13-18)32-26(33)31-20-10-6-16(7-11-20)22-15-34-24-17(14-30-25(28)23(22)24)8-9-19-5-2-12-29-19/h1,3-4,6-7,10-11,13-15,19,29H,2,5,12H2,(H2,28,30)(H2,31,32,33)/t19-/m0/s1. The first kappa shape index (κ1) is 22.2. The van der Waals surface area contributed by atoms with Crippen LogP contribution in [-0.2, 0) is 0 Å². The molecule has 2 amide bonds. The number of nitrogens with one attached hydrogen (secondary N) is 3. The second-order valence-corrected chi connectivity index (χ2v) is 9.31. The van der Waals surface area contributed by atoms with Gasteiger partial charge in [-0.2, -0.15) is 0 Å². The van der Waals surface area contributed by atoms with Gasteiger partial charge in [0.25, 0.3) is 0 Å². The third-order valence-corrected chi connectivity index (χ3v) is 6.85. The number of benzene rings is 2. The molecule has 4 aromatic rings. The zero-order valence-corrected chi connectivity index (χ0v) is 19.8. The van der Waals surface area contributed by atoms with Crippen LogP contribution in [-0.4, -0.2) is 23.6 Å². The van der Waals surface area contributed by atoms with E-state index in [1.807, 2.05) is 24.3 Å². The Labute approximate surface area is 206 Å². The Morgan fingerprint density at radius 1 is 1.18 bits per heavy atom. The summed E-state index contributed by atoms with van der Waals surface area (Å²) in [5.74, 6) is 7.09. The summed E-state index contributed by atoms with van der Waals surface area (Å²) < 4.78 is 1.04. The Kier molecular flexibility index (Phi) is 6.37. The van der Waals surface area contributed by atoms with Crippen LogP contribution < -0.4 is 21.7 Å². The molecule has 1 aliphatic heterocycles. The molecule has 6 nitrogen and oxygen atoms in total. The van der Waals surface area contributed by atoms with Gasteiger partial charge in [0.05, 0.1) is 16.3 Å². The van der Waals surface area contributed by atoms with Crippen LogP contribution in [0.25, 0.3) is 21.2 Å². The number of urea groups is 1. The summed E-state index contributed by atoms with van der Waals surface area (Å²) in [5.41, 5.74) is 10.4. The van der Waals surface area contributed by atoms with Crippen LogP contribution in [0.5, 0.6) is 0 Å². The highest BCUT2D eigenvalue weighted by atomic mass is 35.5. The van der Waals surface area contributed by atoms with Crippen molar-refractivity contribution in [1.82, 2.24) is 10.3 Å². The average Bonchev–Trinajstić information content (AvgIpc) is 3.50. The van der Waals surface area contributed by atoms with Gasteiger partial charge in [-0.15, -0.1) is 11.3 Å². The Bertz CT molecular complexity index is 1410. The highest BCUT2D eigenvalue weighted by molar-refractivity contribution is 7.18. The molecule has 5 N–H and O–H groups in total. The molecule has 2 aromatic carbocycles. The molecule has 170 valence electrons. The number of aromatic nitrogens is 1. The molecular weight excluding hydrogens is 466 g/mol. The van der Waals surface area contributed by atoms with Crippen LogP contribution in [0.4, 0.5) is 22.0 Å². The average molecular weight is 488 g/mol. The molecule has 0 radical (unpaired) electrons. The van der Waals surface area contributed by atoms with Gasteiger partial charge in [0.1, 0.15) is 5.82 Å². The van der Waals surface area contributed by atoms with E-state index in [1.54, 1.807) is 41.8 Å². The summed E-state index contributed by atoms with van der Waals surface area (Å²) in [5, 5.41) is 12.5. The number of amides is 2. The molecule has 1 atom stereocenters. The monoisotopic (exact) mass is 487 g/mol. The SMILES string of the molecule is Nc1ncc(C#C[C@@H]2CCCN2)c2scc(-c3ccc(NC(=O)Nc4cccc(Cl)c4)cc3)c12. The zero-order chi connectivity index (χ0) is 23.5. The van der Waals surface area contributed by atoms with E-state index in [2.05, 4.69) is 38.2 Å². The van der Waals surface area contributed by atoms with Gasteiger partial charge >= 0.3 is 6.03 Å². The number of nitrogens with zero attached hydrogens (tertiary/aromatic N) is 1. The van der Waals surface area contributed by atoms with Crippen molar-refractivity contribution in [2.45, 2.75) is 18.9 Å². The molecule has 34 heavy (non-hydrogen) atoms. The van der Waals surface area contributed by atoms with Crippen molar-refractivity contribution in [3.8, 4) is 23.0 Å². The van der Waals surface area contributed by atoms with Crippen LogP contribution in [0.2, 0.25) is 5.02 Å². The second-order valence-electron chi connectivity index (χ2n) is 8.00. The van der Waals surface area contributed by atoms with Crippen molar-refractivity contribution in [3.63, 3.8) is 0 Å². The zero-order valence-electron chi connectivity index (χ0n) is 18.2. The lowest BCUT2D eigenvalue weighted by Gasteiger charge is -2.09. The molecule has 1 aliphatic rings. The van der Waals surface area contributed by atoms with E-state index < -0.39 is 0 Å². The highest BCUT2D eigenvalue weighted by Crippen LogP contribution is 2.38. The molecule has 0 spiro atoms. The minimum absolute atomic E-state index is 0.239. The normalized spacial score (nSPS) is 15.0. The van der Waals surface area contributed by atoms with Gasteiger partial charge < -0.3 is 21.7 Å². The number of halogens is 1. The summed E-state index contributed by atoms with van der Waals surface area (Å²) in [7, 11) is 0. The van der Waals surface area contributed by atoms with Crippen molar-refractivity contribution < 1.29 is 4.79 Å². The fourth-order valence-electron chi connectivity index (χ4n) is 3.93. The van der Waals surface area contributed by atoms with Gasteiger partial charge in [-0.3, -0.25) is 0 Å². The Balaban J connectivity index is 1.35. The number of fused-ring (bicyclic) bond motifs is 1.